The molecule has 1 saturated heterocycles. The van der Waals surface area contributed by atoms with Crippen molar-refractivity contribution >= 4 is 28.6 Å². The highest BCUT2D eigenvalue weighted by atomic mass is 35.5. The second-order valence-corrected chi connectivity index (χ2v) is 9.21. The Labute approximate surface area is 169 Å². The smallest absolute Gasteiger partial charge is 0.184 e. The first-order valence-electron chi connectivity index (χ1n) is 9.46. The molecule has 28 heavy (non-hydrogen) atoms. The summed E-state index contributed by atoms with van der Waals surface area (Å²) in [6, 6.07) is 7.69. The molecule has 0 spiro atoms. The lowest BCUT2D eigenvalue weighted by molar-refractivity contribution is 0.0839. The lowest BCUT2D eigenvalue weighted by Crippen LogP contribution is -2.31. The van der Waals surface area contributed by atoms with Gasteiger partial charge in [0, 0.05) is 23.5 Å². The zero-order chi connectivity index (χ0) is 20.1. The van der Waals surface area contributed by atoms with Gasteiger partial charge < -0.3 is 10.0 Å². The van der Waals surface area contributed by atoms with Crippen LogP contribution in [0.2, 0.25) is 5.02 Å². The number of hydrogen-bond donors (Lipinski definition) is 1. The van der Waals surface area contributed by atoms with E-state index in [4.69, 9.17) is 21.6 Å². The van der Waals surface area contributed by atoms with Gasteiger partial charge in [-0.15, -0.1) is 5.10 Å². The Morgan fingerprint density at radius 3 is 2.61 bits per heavy atom. The Morgan fingerprint density at radius 2 is 1.96 bits per heavy atom. The Morgan fingerprint density at radius 1 is 1.21 bits per heavy atom. The number of nitrogens with zero attached hydrogens (tertiary/aromatic N) is 6. The van der Waals surface area contributed by atoms with Gasteiger partial charge in [-0.3, -0.25) is 0 Å². The van der Waals surface area contributed by atoms with Crippen LogP contribution in [0.5, 0.6) is 0 Å². The molecule has 0 radical (unpaired) electrons. The van der Waals surface area contributed by atoms with Crippen molar-refractivity contribution < 1.29 is 5.11 Å². The number of fused-ring (bicyclic) bond motifs is 1. The molecule has 0 unspecified atom stereocenters. The van der Waals surface area contributed by atoms with E-state index < -0.39 is 5.60 Å². The molecule has 0 aliphatic carbocycles. The van der Waals surface area contributed by atoms with Crippen LogP contribution in [0.1, 0.15) is 45.5 Å². The topological polar surface area (TPSA) is 80.0 Å². The standard InChI is InChI=1S/C20H25ClN6O/c1-19(2,3)18-22-16(26-10-9-20(4,28)12-26)15-17(23-18)27(25-24-15)11-13-7-5-6-8-14(13)21/h5-8,28H,9-12H2,1-4H3/t20-/m1/s1. The van der Waals surface area contributed by atoms with Crippen LogP contribution in [0.15, 0.2) is 24.3 Å². The quantitative estimate of drug-likeness (QED) is 0.727. The first-order chi connectivity index (χ1) is 13.1. The van der Waals surface area contributed by atoms with Gasteiger partial charge in [0.1, 0.15) is 5.82 Å². The maximum absolute atomic E-state index is 10.4. The first kappa shape index (κ1) is 19.1. The first-order valence-corrected chi connectivity index (χ1v) is 9.84. The number of β-amino-alcohol motifs (C(OH)–C–C–N with tert-alkyl or cyclic N) is 1. The van der Waals surface area contributed by atoms with Crippen LogP contribution in [0.3, 0.4) is 0 Å². The van der Waals surface area contributed by atoms with Crippen molar-refractivity contribution in [3.63, 3.8) is 0 Å². The van der Waals surface area contributed by atoms with Crippen molar-refractivity contribution in [3.05, 3.63) is 40.7 Å². The molecule has 0 saturated carbocycles. The van der Waals surface area contributed by atoms with Gasteiger partial charge in [-0.05, 0) is 25.0 Å². The van der Waals surface area contributed by atoms with Crippen molar-refractivity contribution in [2.75, 3.05) is 18.0 Å². The van der Waals surface area contributed by atoms with Crippen molar-refractivity contribution in [2.45, 2.75) is 51.7 Å². The number of hydrogen-bond acceptors (Lipinski definition) is 6. The fourth-order valence-electron chi connectivity index (χ4n) is 3.42. The number of aromatic nitrogens is 5. The maximum atomic E-state index is 10.4. The van der Waals surface area contributed by atoms with Gasteiger partial charge in [0.05, 0.1) is 12.1 Å². The molecule has 0 amide bonds. The van der Waals surface area contributed by atoms with E-state index in [1.807, 2.05) is 31.2 Å². The molecule has 1 aliphatic heterocycles. The Bertz CT molecular complexity index is 1020. The molecule has 1 aliphatic rings. The molecule has 3 aromatic rings. The number of rotatable bonds is 3. The second kappa shape index (κ2) is 6.67. The van der Waals surface area contributed by atoms with Gasteiger partial charge >= 0.3 is 0 Å². The summed E-state index contributed by atoms with van der Waals surface area (Å²) in [4.78, 5) is 11.7. The minimum absolute atomic E-state index is 0.231. The van der Waals surface area contributed by atoms with Crippen LogP contribution < -0.4 is 4.90 Å². The third-order valence-electron chi connectivity index (χ3n) is 5.04. The van der Waals surface area contributed by atoms with E-state index >= 15 is 0 Å². The highest BCUT2D eigenvalue weighted by Crippen LogP contribution is 2.32. The lowest BCUT2D eigenvalue weighted by atomic mass is 9.96. The number of benzene rings is 1. The largest absolute Gasteiger partial charge is 0.388 e. The molecule has 3 heterocycles. The van der Waals surface area contributed by atoms with Gasteiger partial charge in [0.15, 0.2) is 17.0 Å². The molecule has 4 rings (SSSR count). The zero-order valence-corrected chi connectivity index (χ0v) is 17.4. The molecule has 148 valence electrons. The van der Waals surface area contributed by atoms with Crippen LogP contribution in [0.25, 0.3) is 11.2 Å². The molecular formula is C20H25ClN6O. The normalized spacial score (nSPS) is 20.3. The Balaban J connectivity index is 1.84. The third kappa shape index (κ3) is 3.56. The van der Waals surface area contributed by atoms with Crippen molar-refractivity contribution in [2.24, 2.45) is 0 Å². The molecule has 1 fully saturated rings. The highest BCUT2D eigenvalue weighted by Gasteiger charge is 2.34. The molecule has 8 heteroatoms. The summed E-state index contributed by atoms with van der Waals surface area (Å²) in [5.74, 6) is 1.46. The maximum Gasteiger partial charge on any atom is 0.184 e. The lowest BCUT2D eigenvalue weighted by Gasteiger charge is -2.23. The van der Waals surface area contributed by atoms with Crippen molar-refractivity contribution in [1.82, 2.24) is 25.0 Å². The number of halogens is 1. The van der Waals surface area contributed by atoms with E-state index in [-0.39, 0.29) is 5.41 Å². The van der Waals surface area contributed by atoms with E-state index in [9.17, 15) is 5.11 Å². The predicted octanol–water partition coefficient (Wildman–Crippen LogP) is 3.18. The van der Waals surface area contributed by atoms with E-state index in [2.05, 4.69) is 36.0 Å². The number of aliphatic hydroxyl groups is 1. The van der Waals surface area contributed by atoms with Gasteiger partial charge in [-0.2, -0.15) is 0 Å². The molecule has 1 atom stereocenters. The fraction of sp³-hybridized carbons (Fsp3) is 0.500. The van der Waals surface area contributed by atoms with Gasteiger partial charge in [0.2, 0.25) is 0 Å². The van der Waals surface area contributed by atoms with Crippen LogP contribution in [-0.4, -0.2) is 48.8 Å². The van der Waals surface area contributed by atoms with Gasteiger partial charge in [0.25, 0.3) is 0 Å². The van der Waals surface area contributed by atoms with E-state index in [1.165, 1.54) is 0 Å². The number of anilines is 1. The minimum Gasteiger partial charge on any atom is -0.388 e. The summed E-state index contributed by atoms with van der Waals surface area (Å²) in [7, 11) is 0. The fourth-order valence-corrected chi connectivity index (χ4v) is 3.61. The van der Waals surface area contributed by atoms with Gasteiger partial charge in [-0.25, -0.2) is 14.6 Å². The summed E-state index contributed by atoms with van der Waals surface area (Å²) >= 11 is 6.33. The van der Waals surface area contributed by atoms with Crippen molar-refractivity contribution in [3.8, 4) is 0 Å². The Kier molecular flexibility index (Phi) is 4.55. The average molecular weight is 401 g/mol. The summed E-state index contributed by atoms with van der Waals surface area (Å²) < 4.78 is 1.77. The van der Waals surface area contributed by atoms with Crippen LogP contribution in [0, 0.1) is 0 Å². The van der Waals surface area contributed by atoms with E-state index in [0.717, 1.165) is 23.8 Å². The summed E-state index contributed by atoms with van der Waals surface area (Å²) in [5, 5.41) is 19.8. The molecule has 1 aromatic carbocycles. The highest BCUT2D eigenvalue weighted by molar-refractivity contribution is 6.31. The van der Waals surface area contributed by atoms with Gasteiger partial charge in [-0.1, -0.05) is 55.8 Å². The molecule has 7 nitrogen and oxygen atoms in total. The average Bonchev–Trinajstić information content (AvgIpc) is 3.18. The SMILES string of the molecule is CC(C)(C)c1nc(N2CC[C@@](C)(O)C2)c2nnn(Cc3ccccc3Cl)c2n1. The molecular weight excluding hydrogens is 376 g/mol. The minimum atomic E-state index is -0.729. The zero-order valence-electron chi connectivity index (χ0n) is 16.6. The summed E-state index contributed by atoms with van der Waals surface area (Å²) in [6.07, 6.45) is 0.692. The van der Waals surface area contributed by atoms with Crippen molar-refractivity contribution in [1.29, 1.82) is 0 Å². The van der Waals surface area contributed by atoms with Crippen LogP contribution in [0.4, 0.5) is 5.82 Å². The Hall–Kier alpha value is -2.25. The van der Waals surface area contributed by atoms with E-state index in [0.29, 0.717) is 35.7 Å². The third-order valence-corrected chi connectivity index (χ3v) is 5.41. The van der Waals surface area contributed by atoms with Crippen LogP contribution in [-0.2, 0) is 12.0 Å². The predicted molar refractivity (Wildman–Crippen MR) is 110 cm³/mol. The summed E-state index contributed by atoms with van der Waals surface area (Å²) in [6.45, 7) is 9.82. The van der Waals surface area contributed by atoms with E-state index in [1.54, 1.807) is 4.68 Å². The summed E-state index contributed by atoms with van der Waals surface area (Å²) in [5.41, 5.74) is 1.33. The monoisotopic (exact) mass is 400 g/mol. The molecule has 1 N–H and O–H groups in total. The molecule has 0 bridgehead atoms. The van der Waals surface area contributed by atoms with Crippen LogP contribution >= 0.6 is 11.6 Å². The molecule has 2 aromatic heterocycles. The second-order valence-electron chi connectivity index (χ2n) is 8.80.